The van der Waals surface area contributed by atoms with E-state index in [0.717, 1.165) is 11.1 Å². The van der Waals surface area contributed by atoms with Crippen LogP contribution in [0.5, 0.6) is 0 Å². The predicted molar refractivity (Wildman–Crippen MR) is 87.5 cm³/mol. The normalized spacial score (nSPS) is 19.5. The molecule has 0 bridgehead atoms. The van der Waals surface area contributed by atoms with Gasteiger partial charge >= 0.3 is 18.2 Å². The van der Waals surface area contributed by atoms with Crippen LogP contribution in [0.2, 0.25) is 0 Å². The number of nitrogens with zero attached hydrogens (tertiary/aromatic N) is 3. The number of fused-ring (bicyclic) bond motifs is 1. The molecule has 0 spiro atoms. The zero-order chi connectivity index (χ0) is 19.8. The highest BCUT2D eigenvalue weighted by atomic mass is 19.4. The Morgan fingerprint density at radius 2 is 1.96 bits per heavy atom. The molecule has 1 aromatic heterocycles. The fraction of sp³-hybridized carbons (Fsp3) is 0.353. The number of aromatic carboxylic acids is 1. The van der Waals surface area contributed by atoms with Crippen LogP contribution in [-0.2, 0) is 11.3 Å². The number of anilines is 1. The van der Waals surface area contributed by atoms with Crippen LogP contribution in [0, 0.1) is 0 Å². The van der Waals surface area contributed by atoms with E-state index < -0.39 is 48.1 Å². The molecule has 27 heavy (non-hydrogen) atoms. The molecular weight excluding hydrogens is 367 g/mol. The van der Waals surface area contributed by atoms with Crippen molar-refractivity contribution in [3.8, 4) is 0 Å². The Morgan fingerprint density at radius 3 is 2.56 bits per heavy atom. The number of carboxylic acids is 1. The second-order valence-corrected chi connectivity index (χ2v) is 6.18. The van der Waals surface area contributed by atoms with Gasteiger partial charge in [-0.2, -0.15) is 18.3 Å². The van der Waals surface area contributed by atoms with Gasteiger partial charge in [0.1, 0.15) is 12.2 Å². The lowest BCUT2D eigenvalue weighted by atomic mass is 10.0. The number of carboxylic acid groups (broad SMARTS) is 1. The molecule has 1 aliphatic heterocycles. The first-order chi connectivity index (χ1) is 12.7. The van der Waals surface area contributed by atoms with Gasteiger partial charge in [0.15, 0.2) is 11.9 Å². The molecular formula is C17H16F3N3O4. The second-order valence-electron chi connectivity index (χ2n) is 6.18. The van der Waals surface area contributed by atoms with Gasteiger partial charge in [-0.25, -0.2) is 14.3 Å². The minimum atomic E-state index is -4.63. The summed E-state index contributed by atoms with van der Waals surface area (Å²) >= 11 is 0. The highest BCUT2D eigenvalue weighted by molar-refractivity contribution is 5.99. The van der Waals surface area contributed by atoms with Crippen molar-refractivity contribution < 1.29 is 32.6 Å². The molecule has 1 aliphatic rings. The number of ether oxygens (including phenoxy) is 1. The molecule has 1 N–H and O–H groups in total. The Bertz CT molecular complexity index is 851. The first kappa shape index (κ1) is 18.7. The third kappa shape index (κ3) is 3.60. The van der Waals surface area contributed by atoms with Gasteiger partial charge in [0.25, 0.3) is 0 Å². The zero-order valence-corrected chi connectivity index (χ0v) is 14.2. The molecule has 1 amide bonds. The summed E-state index contributed by atoms with van der Waals surface area (Å²) in [4.78, 5) is 24.9. The lowest BCUT2D eigenvalue weighted by Gasteiger charge is -2.38. The van der Waals surface area contributed by atoms with Gasteiger partial charge in [0, 0.05) is 6.04 Å². The molecule has 7 nitrogen and oxygen atoms in total. The number of amides is 1. The molecule has 0 saturated heterocycles. The Morgan fingerprint density at radius 1 is 1.30 bits per heavy atom. The Labute approximate surface area is 151 Å². The molecule has 0 fully saturated rings. The molecule has 10 heteroatoms. The fourth-order valence-corrected chi connectivity index (χ4v) is 3.04. The lowest BCUT2D eigenvalue weighted by Crippen LogP contribution is -2.49. The molecule has 0 unspecified atom stereocenters. The number of benzene rings is 1. The molecule has 144 valence electrons. The summed E-state index contributed by atoms with van der Waals surface area (Å²) < 4.78 is 45.8. The van der Waals surface area contributed by atoms with Gasteiger partial charge < -0.3 is 9.84 Å². The maximum atomic E-state index is 13.4. The van der Waals surface area contributed by atoms with Crippen LogP contribution >= 0.6 is 0 Å². The smallest absolute Gasteiger partial charge is 0.416 e. The van der Waals surface area contributed by atoms with Crippen LogP contribution < -0.4 is 4.90 Å². The van der Waals surface area contributed by atoms with Crippen molar-refractivity contribution in [1.82, 2.24) is 9.78 Å². The maximum absolute atomic E-state index is 13.4. The zero-order valence-electron chi connectivity index (χ0n) is 14.2. The van der Waals surface area contributed by atoms with E-state index in [0.29, 0.717) is 10.2 Å². The molecule has 3 rings (SSSR count). The van der Waals surface area contributed by atoms with Crippen LogP contribution in [0.4, 0.5) is 23.8 Å². The standard InChI is InChI=1S/C17H16F3N3O4/c1-10-7-13(17(18,19)20)23-14(12(8-21-23)15(24)25)22(10)16(26)27-9-11-5-3-2-4-6-11/h2-6,8,10,13H,7,9H2,1H3,(H,24,25)/t10-,13-/m1/s1. The molecule has 2 atom stereocenters. The van der Waals surface area contributed by atoms with E-state index >= 15 is 0 Å². The number of alkyl halides is 3. The van der Waals surface area contributed by atoms with Crippen LogP contribution in [0.15, 0.2) is 36.5 Å². The molecule has 0 saturated carbocycles. The van der Waals surface area contributed by atoms with Crippen LogP contribution in [0.1, 0.15) is 35.3 Å². The highest BCUT2D eigenvalue weighted by Crippen LogP contribution is 2.43. The van der Waals surface area contributed by atoms with Crippen molar-refractivity contribution in [3.05, 3.63) is 47.7 Å². The van der Waals surface area contributed by atoms with Crippen molar-refractivity contribution in [1.29, 1.82) is 0 Å². The number of hydrogen-bond donors (Lipinski definition) is 1. The van der Waals surface area contributed by atoms with Crippen molar-refractivity contribution in [3.63, 3.8) is 0 Å². The van der Waals surface area contributed by atoms with E-state index in [4.69, 9.17) is 4.74 Å². The summed E-state index contributed by atoms with van der Waals surface area (Å²) in [7, 11) is 0. The quantitative estimate of drug-likeness (QED) is 0.875. The maximum Gasteiger partial charge on any atom is 0.416 e. The minimum Gasteiger partial charge on any atom is -0.477 e. The fourth-order valence-electron chi connectivity index (χ4n) is 3.04. The minimum absolute atomic E-state index is 0.0951. The van der Waals surface area contributed by atoms with Crippen LogP contribution in [-0.4, -0.2) is 39.2 Å². The summed E-state index contributed by atoms with van der Waals surface area (Å²) in [6.07, 6.45) is -5.22. The van der Waals surface area contributed by atoms with Crippen LogP contribution in [0.25, 0.3) is 0 Å². The Balaban J connectivity index is 1.94. The summed E-state index contributed by atoms with van der Waals surface area (Å²) in [6.45, 7) is 1.31. The van der Waals surface area contributed by atoms with E-state index in [-0.39, 0.29) is 6.61 Å². The van der Waals surface area contributed by atoms with Crippen molar-refractivity contribution in [2.75, 3.05) is 4.90 Å². The number of halogens is 3. The highest BCUT2D eigenvalue weighted by Gasteiger charge is 2.50. The third-order valence-electron chi connectivity index (χ3n) is 4.31. The second kappa shape index (κ2) is 6.93. The van der Waals surface area contributed by atoms with Gasteiger partial charge in [0.05, 0.1) is 6.20 Å². The third-order valence-corrected chi connectivity index (χ3v) is 4.31. The molecule has 0 aliphatic carbocycles. The largest absolute Gasteiger partial charge is 0.477 e. The van der Waals surface area contributed by atoms with Crippen molar-refractivity contribution in [2.45, 2.75) is 38.2 Å². The van der Waals surface area contributed by atoms with E-state index in [1.54, 1.807) is 30.3 Å². The predicted octanol–water partition coefficient (Wildman–Crippen LogP) is 3.62. The number of hydrogen-bond acceptors (Lipinski definition) is 4. The van der Waals surface area contributed by atoms with E-state index in [9.17, 15) is 27.9 Å². The number of carbonyl (C=O) groups is 2. The average Bonchev–Trinajstić information content (AvgIpc) is 3.03. The van der Waals surface area contributed by atoms with Gasteiger partial charge in [-0.3, -0.25) is 4.90 Å². The Kier molecular flexibility index (Phi) is 4.81. The first-order valence-electron chi connectivity index (χ1n) is 8.07. The molecule has 0 radical (unpaired) electrons. The summed E-state index contributed by atoms with van der Waals surface area (Å²) in [6, 6.07) is 5.78. The molecule has 1 aromatic carbocycles. The number of carbonyl (C=O) groups excluding carboxylic acids is 1. The summed E-state index contributed by atoms with van der Waals surface area (Å²) in [5.74, 6) is -1.91. The molecule has 2 aromatic rings. The molecule has 2 heterocycles. The van der Waals surface area contributed by atoms with Gasteiger partial charge in [-0.15, -0.1) is 0 Å². The monoisotopic (exact) mass is 383 g/mol. The Hall–Kier alpha value is -3.04. The number of aromatic nitrogens is 2. The van der Waals surface area contributed by atoms with Gasteiger partial charge in [0.2, 0.25) is 0 Å². The lowest BCUT2D eigenvalue weighted by molar-refractivity contribution is -0.174. The topological polar surface area (TPSA) is 84.7 Å². The van der Waals surface area contributed by atoms with E-state index in [1.807, 2.05) is 0 Å². The van der Waals surface area contributed by atoms with E-state index in [1.165, 1.54) is 6.92 Å². The van der Waals surface area contributed by atoms with Gasteiger partial charge in [-0.1, -0.05) is 30.3 Å². The van der Waals surface area contributed by atoms with Gasteiger partial charge in [-0.05, 0) is 18.9 Å². The number of rotatable bonds is 3. The van der Waals surface area contributed by atoms with E-state index in [2.05, 4.69) is 5.10 Å². The van der Waals surface area contributed by atoms with Crippen LogP contribution in [0.3, 0.4) is 0 Å². The summed E-state index contributed by atoms with van der Waals surface area (Å²) in [5.41, 5.74) is 0.197. The summed E-state index contributed by atoms with van der Waals surface area (Å²) in [5, 5.41) is 12.9. The average molecular weight is 383 g/mol. The first-order valence-corrected chi connectivity index (χ1v) is 8.07. The van der Waals surface area contributed by atoms with Crippen molar-refractivity contribution in [2.24, 2.45) is 0 Å². The SMILES string of the molecule is C[C@@H]1C[C@H](C(F)(F)F)n2ncc(C(=O)O)c2N1C(=O)OCc1ccccc1. The van der Waals surface area contributed by atoms with Crippen molar-refractivity contribution >= 4 is 17.9 Å².